The molecule has 0 saturated carbocycles. The van der Waals surface area contributed by atoms with Gasteiger partial charge < -0.3 is 0 Å². The highest BCUT2D eigenvalue weighted by atomic mass is 32.3. The van der Waals surface area contributed by atoms with Crippen molar-refractivity contribution in [3.63, 3.8) is 0 Å². The van der Waals surface area contributed by atoms with Gasteiger partial charge in [-0.1, -0.05) is 30.4 Å². The molecule has 146 valence electrons. The quantitative estimate of drug-likeness (QED) is 0.379. The Labute approximate surface area is 172 Å². The molecule has 1 atom stereocenters. The molecule has 28 heavy (non-hydrogen) atoms. The lowest BCUT2D eigenvalue weighted by Gasteiger charge is -2.31. The van der Waals surface area contributed by atoms with Gasteiger partial charge in [-0.2, -0.15) is 26.8 Å². The summed E-state index contributed by atoms with van der Waals surface area (Å²) in [6.45, 7) is 0. The highest BCUT2D eigenvalue weighted by Crippen LogP contribution is 2.40. The molecule has 2 N–H and O–H groups in total. The van der Waals surface area contributed by atoms with Crippen molar-refractivity contribution in [3.8, 4) is 0 Å². The van der Waals surface area contributed by atoms with E-state index in [4.69, 9.17) is 0 Å². The van der Waals surface area contributed by atoms with Gasteiger partial charge in [0.25, 0.3) is 24.3 Å². The van der Waals surface area contributed by atoms with E-state index in [0.717, 1.165) is 6.08 Å². The van der Waals surface area contributed by atoms with Crippen LogP contribution in [0.5, 0.6) is 0 Å². The monoisotopic (exact) mass is 456 g/mol. The predicted molar refractivity (Wildman–Crippen MR) is 112 cm³/mol. The molecule has 12 heteroatoms. The van der Waals surface area contributed by atoms with Crippen LogP contribution in [0.4, 0.5) is 5.69 Å². The van der Waals surface area contributed by atoms with Crippen molar-refractivity contribution in [3.05, 3.63) is 59.8 Å². The largest absolute Gasteiger partial charge is 0.292 e. The van der Waals surface area contributed by atoms with E-state index in [2.05, 4.69) is 39.6 Å². The normalized spacial score (nSPS) is 18.8. The molecule has 0 spiro atoms. The van der Waals surface area contributed by atoms with E-state index in [1.54, 1.807) is 24.3 Å². The zero-order valence-corrected chi connectivity index (χ0v) is 17.1. The molecule has 0 aromatic heterocycles. The Morgan fingerprint density at radius 3 is 2.07 bits per heavy atom. The summed E-state index contributed by atoms with van der Waals surface area (Å²) in [5.41, 5.74) is 0.917. The number of benzene rings is 1. The van der Waals surface area contributed by atoms with Gasteiger partial charge in [0, 0.05) is 5.92 Å². The lowest BCUT2D eigenvalue weighted by Crippen LogP contribution is -2.50. The number of aliphatic imine (C=N–C) groups is 2. The van der Waals surface area contributed by atoms with E-state index < -0.39 is 30.2 Å². The lowest BCUT2D eigenvalue weighted by atomic mass is 9.96. The molecule has 8 nitrogen and oxygen atoms in total. The van der Waals surface area contributed by atoms with Gasteiger partial charge in [-0.05, 0) is 54.3 Å². The van der Waals surface area contributed by atoms with Crippen LogP contribution in [0.3, 0.4) is 0 Å². The zero-order chi connectivity index (χ0) is 21.0. The van der Waals surface area contributed by atoms with Crippen LogP contribution in [-0.2, 0) is 20.2 Å². The Morgan fingerprint density at radius 1 is 1.00 bits per heavy atom. The third kappa shape index (κ3) is 4.46. The van der Waals surface area contributed by atoms with Crippen LogP contribution in [0.1, 0.15) is 5.56 Å². The summed E-state index contributed by atoms with van der Waals surface area (Å²) >= 11 is 8.92. The molecule has 1 aromatic carbocycles. The van der Waals surface area contributed by atoms with Crippen LogP contribution in [0.2, 0.25) is 0 Å². The molecule has 0 bridgehead atoms. The van der Waals surface area contributed by atoms with Crippen LogP contribution in [-0.4, -0.2) is 40.3 Å². The van der Waals surface area contributed by atoms with E-state index in [1.807, 2.05) is 5.16 Å². The molecule has 0 saturated heterocycles. The summed E-state index contributed by atoms with van der Waals surface area (Å²) in [6.07, 6.45) is 5.70. The number of rotatable bonds is 6. The van der Waals surface area contributed by atoms with Gasteiger partial charge in [-0.15, -0.1) is 0 Å². The van der Waals surface area contributed by atoms with Gasteiger partial charge >= 0.3 is 0 Å². The minimum atomic E-state index is -5.34. The summed E-state index contributed by atoms with van der Waals surface area (Å²) in [5, 5.41) is 4.17. The molecule has 0 aliphatic heterocycles. The van der Waals surface area contributed by atoms with E-state index in [9.17, 15) is 25.9 Å². The second-order valence-corrected chi connectivity index (χ2v) is 9.36. The highest BCUT2D eigenvalue weighted by Gasteiger charge is 2.58. The maximum atomic E-state index is 12.0. The second-order valence-electron chi connectivity index (χ2n) is 5.48. The SMILES string of the molecule is O=S(=O)(O)C1(S(=O)(=O)O)C=C(N=C=S)C=CC1C=Cc1ccc(N=C=S)cc1. The summed E-state index contributed by atoms with van der Waals surface area (Å²) in [6, 6.07) is 6.46. The number of hydrogen-bond donors (Lipinski definition) is 2. The maximum Gasteiger partial charge on any atom is 0.292 e. The third-order valence-electron chi connectivity index (χ3n) is 3.83. The van der Waals surface area contributed by atoms with Crippen molar-refractivity contribution in [1.82, 2.24) is 0 Å². The average Bonchev–Trinajstić information content (AvgIpc) is 2.60. The van der Waals surface area contributed by atoms with Gasteiger partial charge in [-0.25, -0.2) is 0 Å². The highest BCUT2D eigenvalue weighted by molar-refractivity contribution is 8.05. The molecule has 1 aromatic rings. The van der Waals surface area contributed by atoms with Crippen molar-refractivity contribution >= 4 is 66.8 Å². The number of nitrogens with zero attached hydrogens (tertiary/aromatic N) is 2. The molecule has 2 rings (SSSR count). The zero-order valence-electron chi connectivity index (χ0n) is 13.8. The van der Waals surface area contributed by atoms with Crippen molar-refractivity contribution < 1.29 is 25.9 Å². The number of thiocarbonyl (C=S) groups is 2. The van der Waals surface area contributed by atoms with Crippen molar-refractivity contribution in [2.75, 3.05) is 0 Å². The van der Waals surface area contributed by atoms with E-state index in [1.165, 1.54) is 18.2 Å². The Balaban J connectivity index is 2.59. The molecule has 1 unspecified atom stereocenters. The first-order valence-electron chi connectivity index (χ1n) is 7.34. The van der Waals surface area contributed by atoms with Gasteiger partial charge in [0.05, 0.1) is 21.7 Å². The molecule has 1 aliphatic carbocycles. The predicted octanol–water partition coefficient (Wildman–Crippen LogP) is 3.08. The van der Waals surface area contributed by atoms with Gasteiger partial charge in [0.1, 0.15) is 0 Å². The molecule has 1 aliphatic rings. The van der Waals surface area contributed by atoms with Gasteiger partial charge in [-0.3, -0.25) is 9.11 Å². The summed E-state index contributed by atoms with van der Waals surface area (Å²) in [7, 11) is -10.7. The Hall–Kier alpha value is -2.14. The van der Waals surface area contributed by atoms with Crippen LogP contribution in [0.25, 0.3) is 6.08 Å². The fourth-order valence-electron chi connectivity index (χ4n) is 2.56. The van der Waals surface area contributed by atoms with Crippen molar-refractivity contribution in [1.29, 1.82) is 0 Å². The average molecular weight is 457 g/mol. The number of hydrogen-bond acceptors (Lipinski definition) is 8. The minimum absolute atomic E-state index is 0.197. The summed E-state index contributed by atoms with van der Waals surface area (Å²) in [4.78, 5) is 7.31. The first-order valence-corrected chi connectivity index (χ1v) is 11.0. The standard InChI is InChI=1S/C16H12N2O6S4/c19-27(20,21)16(28(22,23)24)9-15(18-11-26)8-5-13(16)4-1-12-2-6-14(7-3-12)17-10-25/h1-9,13H,(H,19,20,21)(H,22,23,24). The second kappa shape index (κ2) is 8.48. The summed E-state index contributed by atoms with van der Waals surface area (Å²) < 4.78 is 64.4. The number of allylic oxidation sites excluding steroid dienone is 3. The molecule has 0 heterocycles. The minimum Gasteiger partial charge on any atom is -0.284 e. The van der Waals surface area contributed by atoms with Gasteiger partial charge in [0.15, 0.2) is 0 Å². The fraction of sp³-hybridized carbons (Fsp3) is 0.125. The first-order chi connectivity index (χ1) is 13.0. The lowest BCUT2D eigenvalue weighted by molar-refractivity contribution is 0.424. The van der Waals surface area contributed by atoms with Crippen LogP contribution in [0, 0.1) is 5.92 Å². The smallest absolute Gasteiger partial charge is 0.284 e. The summed E-state index contributed by atoms with van der Waals surface area (Å²) in [5.74, 6) is -1.46. The molecular weight excluding hydrogens is 444 g/mol. The van der Waals surface area contributed by atoms with Crippen LogP contribution < -0.4 is 0 Å². The Kier molecular flexibility index (Phi) is 6.71. The molecular formula is C16H12N2O6S4. The molecule has 0 fully saturated rings. The Bertz CT molecular complexity index is 1140. The molecule has 0 amide bonds. The van der Waals surface area contributed by atoms with Crippen molar-refractivity contribution in [2.45, 2.75) is 4.08 Å². The Morgan fingerprint density at radius 2 is 1.57 bits per heavy atom. The van der Waals surface area contributed by atoms with Gasteiger partial charge in [0.2, 0.25) is 0 Å². The third-order valence-corrected chi connectivity index (χ3v) is 7.67. The molecule has 0 radical (unpaired) electrons. The van der Waals surface area contributed by atoms with E-state index in [-0.39, 0.29) is 5.70 Å². The van der Waals surface area contributed by atoms with E-state index in [0.29, 0.717) is 17.3 Å². The fourth-order valence-corrected chi connectivity index (χ4v) is 5.38. The number of isothiocyanates is 2. The van der Waals surface area contributed by atoms with Crippen LogP contribution in [0.15, 0.2) is 64.3 Å². The van der Waals surface area contributed by atoms with E-state index >= 15 is 0 Å². The first kappa shape index (κ1) is 22.2. The van der Waals surface area contributed by atoms with Crippen LogP contribution >= 0.6 is 24.4 Å². The maximum absolute atomic E-state index is 12.0. The van der Waals surface area contributed by atoms with Crippen molar-refractivity contribution in [2.24, 2.45) is 15.9 Å². The topological polar surface area (TPSA) is 133 Å².